The predicted octanol–water partition coefficient (Wildman–Crippen LogP) is 4.77. The molecule has 4 rings (SSSR count). The fraction of sp³-hybridized carbons (Fsp3) is 0.0455. The van der Waals surface area contributed by atoms with Crippen LogP contribution in [0.25, 0.3) is 28.7 Å². The van der Waals surface area contributed by atoms with Gasteiger partial charge in [0.1, 0.15) is 5.82 Å². The van der Waals surface area contributed by atoms with Crippen LogP contribution in [-0.4, -0.2) is 19.5 Å². The van der Waals surface area contributed by atoms with Crippen molar-refractivity contribution in [2.24, 2.45) is 0 Å². The minimum Gasteiger partial charge on any atom is -0.268 e. The van der Waals surface area contributed by atoms with Crippen molar-refractivity contribution in [2.45, 2.75) is 6.92 Å². The molecule has 0 N–H and O–H groups in total. The Kier molecular flexibility index (Phi) is 5.40. The second kappa shape index (κ2) is 8.15. The molecule has 7 nitrogen and oxygen atoms in total. The molecule has 0 bridgehead atoms. The highest BCUT2D eigenvalue weighted by Crippen LogP contribution is 2.23. The maximum Gasteiger partial charge on any atom is 0.271 e. The molecule has 0 radical (unpaired) electrons. The molecule has 0 aliphatic rings. The SMILES string of the molecule is Cc1ccc([N+](=O)[O-])cc1-n1c(C=Cc2ccccn2)nc2ccc(I)cc2c1=O. The van der Waals surface area contributed by atoms with Crippen molar-refractivity contribution in [3.8, 4) is 5.69 Å². The molecule has 2 aromatic carbocycles. The number of pyridine rings is 1. The number of rotatable bonds is 4. The average molecular weight is 510 g/mol. The van der Waals surface area contributed by atoms with Crippen molar-refractivity contribution in [3.63, 3.8) is 0 Å². The quantitative estimate of drug-likeness (QED) is 0.224. The molecule has 0 aliphatic carbocycles. The van der Waals surface area contributed by atoms with Gasteiger partial charge >= 0.3 is 0 Å². The first kappa shape index (κ1) is 19.9. The van der Waals surface area contributed by atoms with Crippen LogP contribution >= 0.6 is 22.6 Å². The third-order valence-corrected chi connectivity index (χ3v) is 5.26. The van der Waals surface area contributed by atoms with Crippen LogP contribution in [0.3, 0.4) is 0 Å². The molecule has 0 atom stereocenters. The molecule has 0 unspecified atom stereocenters. The molecule has 2 aromatic heterocycles. The smallest absolute Gasteiger partial charge is 0.268 e. The maximum absolute atomic E-state index is 13.4. The number of halogens is 1. The van der Waals surface area contributed by atoms with Crippen molar-refractivity contribution >= 4 is 51.3 Å². The van der Waals surface area contributed by atoms with Crippen molar-refractivity contribution in [1.82, 2.24) is 14.5 Å². The van der Waals surface area contributed by atoms with E-state index < -0.39 is 4.92 Å². The standard InChI is InChI=1S/C22H15IN4O3/c1-14-5-8-17(27(29)30)13-20(14)26-21(10-7-16-4-2-3-11-24-16)25-19-9-6-15(23)12-18(19)22(26)28/h2-13H,1H3. The van der Waals surface area contributed by atoms with E-state index in [0.29, 0.717) is 28.1 Å². The van der Waals surface area contributed by atoms with E-state index >= 15 is 0 Å². The van der Waals surface area contributed by atoms with Crippen molar-refractivity contribution in [3.05, 3.63) is 102 Å². The zero-order valence-corrected chi connectivity index (χ0v) is 18.0. The summed E-state index contributed by atoms with van der Waals surface area (Å²) in [5.74, 6) is 0.364. The van der Waals surface area contributed by atoms with Gasteiger partial charge in [-0.05, 0) is 77.6 Å². The highest BCUT2D eigenvalue weighted by atomic mass is 127. The molecule has 8 heteroatoms. The van der Waals surface area contributed by atoms with Gasteiger partial charge in [-0.2, -0.15) is 0 Å². The fourth-order valence-corrected chi connectivity index (χ4v) is 3.60. The number of fused-ring (bicyclic) bond motifs is 1. The van der Waals surface area contributed by atoms with Crippen LogP contribution in [-0.2, 0) is 0 Å². The van der Waals surface area contributed by atoms with Crippen LogP contribution in [0.15, 0.2) is 65.6 Å². The number of hydrogen-bond acceptors (Lipinski definition) is 5. The van der Waals surface area contributed by atoms with Gasteiger partial charge in [-0.15, -0.1) is 0 Å². The minimum atomic E-state index is -0.477. The number of nitro benzene ring substituents is 1. The summed E-state index contributed by atoms with van der Waals surface area (Å²) in [6.45, 7) is 1.80. The Balaban J connectivity index is 2.02. The Morgan fingerprint density at radius 2 is 1.93 bits per heavy atom. The Morgan fingerprint density at radius 3 is 2.67 bits per heavy atom. The molecule has 4 aromatic rings. The Labute approximate surface area is 185 Å². The molecular formula is C22H15IN4O3. The normalized spacial score (nSPS) is 11.3. The molecule has 148 valence electrons. The summed E-state index contributed by atoms with van der Waals surface area (Å²) in [5, 5.41) is 11.8. The van der Waals surface area contributed by atoms with E-state index in [-0.39, 0.29) is 11.2 Å². The number of benzene rings is 2. The lowest BCUT2D eigenvalue weighted by Crippen LogP contribution is -2.23. The predicted molar refractivity (Wildman–Crippen MR) is 125 cm³/mol. The zero-order chi connectivity index (χ0) is 21.3. The summed E-state index contributed by atoms with van der Waals surface area (Å²) in [6.07, 6.45) is 5.12. The molecule has 0 saturated heterocycles. The van der Waals surface area contributed by atoms with Crippen molar-refractivity contribution in [1.29, 1.82) is 0 Å². The number of hydrogen-bond donors (Lipinski definition) is 0. The number of non-ortho nitro benzene ring substituents is 1. The van der Waals surface area contributed by atoms with E-state index in [1.54, 1.807) is 43.5 Å². The Bertz CT molecular complexity index is 1360. The number of nitro groups is 1. The molecule has 0 aliphatic heterocycles. The zero-order valence-electron chi connectivity index (χ0n) is 15.8. The summed E-state index contributed by atoms with van der Waals surface area (Å²) in [4.78, 5) is 33.2. The number of nitrogens with zero attached hydrogens (tertiary/aromatic N) is 4. The van der Waals surface area contributed by atoms with E-state index in [1.165, 1.54) is 16.7 Å². The Hall–Kier alpha value is -3.40. The van der Waals surface area contributed by atoms with Crippen LogP contribution in [0.4, 0.5) is 5.69 Å². The van der Waals surface area contributed by atoms with Gasteiger partial charge in [0.2, 0.25) is 0 Å². The lowest BCUT2D eigenvalue weighted by Gasteiger charge is -2.14. The summed E-state index contributed by atoms with van der Waals surface area (Å²) in [5.41, 5.74) is 2.02. The van der Waals surface area contributed by atoms with Gasteiger partial charge in [-0.1, -0.05) is 12.1 Å². The van der Waals surface area contributed by atoms with Gasteiger partial charge < -0.3 is 0 Å². The van der Waals surface area contributed by atoms with Gasteiger partial charge in [-0.3, -0.25) is 24.5 Å². The van der Waals surface area contributed by atoms with E-state index in [0.717, 1.165) is 9.13 Å². The van der Waals surface area contributed by atoms with E-state index in [4.69, 9.17) is 0 Å². The first-order chi connectivity index (χ1) is 14.4. The third kappa shape index (κ3) is 3.86. The van der Waals surface area contributed by atoms with E-state index in [1.807, 2.05) is 24.3 Å². The molecule has 30 heavy (non-hydrogen) atoms. The molecule has 0 fully saturated rings. The summed E-state index contributed by atoms with van der Waals surface area (Å²) in [6, 6.07) is 15.4. The minimum absolute atomic E-state index is 0.0927. The molecule has 0 spiro atoms. The van der Waals surface area contributed by atoms with Gasteiger partial charge in [-0.25, -0.2) is 4.98 Å². The summed E-state index contributed by atoms with van der Waals surface area (Å²) >= 11 is 2.14. The highest BCUT2D eigenvalue weighted by Gasteiger charge is 2.16. The van der Waals surface area contributed by atoms with Crippen LogP contribution in [0.5, 0.6) is 0 Å². The lowest BCUT2D eigenvalue weighted by molar-refractivity contribution is -0.384. The molecule has 0 saturated carbocycles. The second-order valence-electron chi connectivity index (χ2n) is 6.59. The van der Waals surface area contributed by atoms with Crippen molar-refractivity contribution < 1.29 is 4.92 Å². The van der Waals surface area contributed by atoms with Crippen molar-refractivity contribution in [2.75, 3.05) is 0 Å². The second-order valence-corrected chi connectivity index (χ2v) is 7.83. The number of aromatic nitrogens is 3. The van der Waals surface area contributed by atoms with Crippen LogP contribution in [0, 0.1) is 20.6 Å². The highest BCUT2D eigenvalue weighted by molar-refractivity contribution is 14.1. The molecular weight excluding hydrogens is 495 g/mol. The summed E-state index contributed by atoms with van der Waals surface area (Å²) < 4.78 is 2.32. The average Bonchev–Trinajstić information content (AvgIpc) is 2.74. The fourth-order valence-electron chi connectivity index (χ4n) is 3.11. The van der Waals surface area contributed by atoms with Gasteiger partial charge in [0.15, 0.2) is 0 Å². The van der Waals surface area contributed by atoms with Crippen LogP contribution in [0.1, 0.15) is 17.1 Å². The van der Waals surface area contributed by atoms with Gasteiger partial charge in [0.05, 0.1) is 27.2 Å². The van der Waals surface area contributed by atoms with Gasteiger partial charge in [0.25, 0.3) is 11.2 Å². The van der Waals surface area contributed by atoms with E-state index in [2.05, 4.69) is 32.6 Å². The summed E-state index contributed by atoms with van der Waals surface area (Å²) in [7, 11) is 0. The van der Waals surface area contributed by atoms with Crippen LogP contribution < -0.4 is 5.56 Å². The first-order valence-electron chi connectivity index (χ1n) is 9.01. The maximum atomic E-state index is 13.4. The molecule has 0 amide bonds. The largest absolute Gasteiger partial charge is 0.271 e. The van der Waals surface area contributed by atoms with E-state index in [9.17, 15) is 14.9 Å². The monoisotopic (exact) mass is 510 g/mol. The molecule has 2 heterocycles. The van der Waals surface area contributed by atoms with Gasteiger partial charge in [0, 0.05) is 21.9 Å². The van der Waals surface area contributed by atoms with Crippen LogP contribution in [0.2, 0.25) is 0 Å². The topological polar surface area (TPSA) is 90.9 Å². The number of aryl methyl sites for hydroxylation is 1. The lowest BCUT2D eigenvalue weighted by atomic mass is 10.1. The first-order valence-corrected chi connectivity index (χ1v) is 10.1. The third-order valence-electron chi connectivity index (χ3n) is 4.59. The Morgan fingerprint density at radius 1 is 1.10 bits per heavy atom.